The van der Waals surface area contributed by atoms with Crippen LogP contribution in [0.5, 0.6) is 0 Å². The zero-order valence-corrected chi connectivity index (χ0v) is 18.1. The Morgan fingerprint density at radius 2 is 1.70 bits per heavy atom. The Morgan fingerprint density at radius 3 is 2.27 bits per heavy atom. The average molecular weight is 410 g/mol. The minimum atomic E-state index is -0.415. The normalized spacial score (nSPS) is 12.8. The van der Waals surface area contributed by atoms with Crippen LogP contribution in [0.4, 0.5) is 4.39 Å². The molecule has 1 amide bonds. The van der Waals surface area contributed by atoms with Gasteiger partial charge in [-0.15, -0.1) is 0 Å². The van der Waals surface area contributed by atoms with Crippen LogP contribution in [-0.4, -0.2) is 16.0 Å². The van der Waals surface area contributed by atoms with E-state index in [2.05, 4.69) is 50.1 Å². The third-order valence-corrected chi connectivity index (χ3v) is 4.87. The van der Waals surface area contributed by atoms with Gasteiger partial charge in [0.1, 0.15) is 11.9 Å². The van der Waals surface area contributed by atoms with E-state index in [4.69, 9.17) is 4.52 Å². The molecule has 5 nitrogen and oxygen atoms in total. The lowest BCUT2D eigenvalue weighted by atomic mass is 9.86. The van der Waals surface area contributed by atoms with E-state index in [0.29, 0.717) is 35.2 Å². The van der Waals surface area contributed by atoms with Crippen molar-refractivity contribution in [3.05, 3.63) is 71.4 Å². The van der Waals surface area contributed by atoms with Crippen molar-refractivity contribution in [3.8, 4) is 11.4 Å². The predicted octanol–water partition coefficient (Wildman–Crippen LogP) is 5.69. The van der Waals surface area contributed by atoms with Crippen LogP contribution in [-0.2, 0) is 5.41 Å². The largest absolute Gasteiger partial charge is 0.340 e. The van der Waals surface area contributed by atoms with Crippen molar-refractivity contribution in [1.29, 1.82) is 0 Å². The molecule has 3 rings (SSSR count). The van der Waals surface area contributed by atoms with E-state index in [1.54, 1.807) is 12.1 Å². The Kier molecular flexibility index (Phi) is 6.34. The number of nitrogens with zero attached hydrogens (tertiary/aromatic N) is 2. The molecule has 1 atom stereocenters. The van der Waals surface area contributed by atoms with Gasteiger partial charge in [-0.25, -0.2) is 4.39 Å². The van der Waals surface area contributed by atoms with Gasteiger partial charge >= 0.3 is 0 Å². The van der Waals surface area contributed by atoms with E-state index in [1.807, 2.05) is 24.3 Å². The number of aromatic nitrogens is 2. The van der Waals surface area contributed by atoms with Gasteiger partial charge in [0.05, 0.1) is 0 Å². The number of amides is 1. The molecule has 0 spiro atoms. The van der Waals surface area contributed by atoms with Crippen LogP contribution < -0.4 is 5.32 Å². The van der Waals surface area contributed by atoms with Crippen molar-refractivity contribution in [2.45, 2.75) is 52.5 Å². The van der Waals surface area contributed by atoms with Crippen molar-refractivity contribution in [1.82, 2.24) is 15.5 Å². The maximum Gasteiger partial charge on any atom is 0.251 e. The van der Waals surface area contributed by atoms with Crippen LogP contribution in [0.3, 0.4) is 0 Å². The SMILES string of the molecule is CC(C)CC(NC(=O)c1ccc(C(C)(C)C)cc1)c1nc(-c2ccc(F)cc2)no1. The standard InChI is InChI=1S/C24H28FN3O2/c1-15(2)14-20(23-27-21(28-30-23)16-8-12-19(25)13-9-16)26-22(29)17-6-10-18(11-7-17)24(3,4)5/h6-13,15,20H,14H2,1-5H3,(H,26,29). The summed E-state index contributed by atoms with van der Waals surface area (Å²) in [5.74, 6) is 0.484. The molecular formula is C24H28FN3O2. The number of nitrogens with one attached hydrogen (secondary N) is 1. The van der Waals surface area contributed by atoms with E-state index < -0.39 is 6.04 Å². The Balaban J connectivity index is 1.79. The van der Waals surface area contributed by atoms with Gasteiger partial charge in [-0.1, -0.05) is 51.9 Å². The van der Waals surface area contributed by atoms with Gasteiger partial charge in [0.2, 0.25) is 11.7 Å². The minimum Gasteiger partial charge on any atom is -0.340 e. The number of benzene rings is 2. The van der Waals surface area contributed by atoms with Gasteiger partial charge in [0.15, 0.2) is 0 Å². The summed E-state index contributed by atoms with van der Waals surface area (Å²) in [6.07, 6.45) is 0.650. The van der Waals surface area contributed by atoms with E-state index in [0.717, 1.165) is 0 Å². The third kappa shape index (κ3) is 5.32. The lowest BCUT2D eigenvalue weighted by Crippen LogP contribution is -2.30. The van der Waals surface area contributed by atoms with Crippen LogP contribution in [0, 0.1) is 11.7 Å². The number of rotatable bonds is 6. The van der Waals surface area contributed by atoms with Gasteiger partial charge < -0.3 is 9.84 Å². The van der Waals surface area contributed by atoms with Crippen LogP contribution in [0.2, 0.25) is 0 Å². The molecule has 0 radical (unpaired) electrons. The summed E-state index contributed by atoms with van der Waals surface area (Å²) >= 11 is 0. The highest BCUT2D eigenvalue weighted by Gasteiger charge is 2.24. The van der Waals surface area contributed by atoms with E-state index in [-0.39, 0.29) is 17.1 Å². The lowest BCUT2D eigenvalue weighted by molar-refractivity contribution is 0.0922. The van der Waals surface area contributed by atoms with Crippen LogP contribution in [0.1, 0.15) is 68.9 Å². The first-order chi connectivity index (χ1) is 14.1. The molecule has 0 saturated carbocycles. The Hall–Kier alpha value is -3.02. The summed E-state index contributed by atoms with van der Waals surface area (Å²) in [7, 11) is 0. The summed E-state index contributed by atoms with van der Waals surface area (Å²) < 4.78 is 18.6. The molecule has 1 aromatic heterocycles. The van der Waals surface area contributed by atoms with Gasteiger partial charge in [-0.2, -0.15) is 4.98 Å². The van der Waals surface area contributed by atoms with E-state index in [9.17, 15) is 9.18 Å². The zero-order valence-electron chi connectivity index (χ0n) is 18.1. The number of halogens is 1. The van der Waals surface area contributed by atoms with Crippen molar-refractivity contribution in [2.24, 2.45) is 5.92 Å². The molecule has 1 unspecified atom stereocenters. The molecule has 158 valence electrons. The number of hydrogen-bond donors (Lipinski definition) is 1. The Labute approximate surface area is 176 Å². The molecule has 0 aliphatic carbocycles. The smallest absolute Gasteiger partial charge is 0.251 e. The number of hydrogen-bond acceptors (Lipinski definition) is 4. The van der Waals surface area contributed by atoms with E-state index in [1.165, 1.54) is 17.7 Å². The van der Waals surface area contributed by atoms with Crippen LogP contribution in [0.15, 0.2) is 53.1 Å². The first-order valence-corrected chi connectivity index (χ1v) is 10.1. The second kappa shape index (κ2) is 8.78. The zero-order chi connectivity index (χ0) is 21.9. The van der Waals surface area contributed by atoms with Crippen molar-refractivity contribution in [3.63, 3.8) is 0 Å². The monoisotopic (exact) mass is 409 g/mol. The summed E-state index contributed by atoms with van der Waals surface area (Å²) in [6, 6.07) is 13.1. The summed E-state index contributed by atoms with van der Waals surface area (Å²) in [6.45, 7) is 10.5. The fourth-order valence-corrected chi connectivity index (χ4v) is 3.15. The fraction of sp³-hybridized carbons (Fsp3) is 0.375. The van der Waals surface area contributed by atoms with Crippen LogP contribution in [0.25, 0.3) is 11.4 Å². The topological polar surface area (TPSA) is 68.0 Å². The maximum atomic E-state index is 13.2. The highest BCUT2D eigenvalue weighted by Crippen LogP contribution is 2.25. The highest BCUT2D eigenvalue weighted by molar-refractivity contribution is 5.94. The third-order valence-electron chi connectivity index (χ3n) is 4.87. The second-order valence-electron chi connectivity index (χ2n) is 8.95. The Morgan fingerprint density at radius 1 is 1.07 bits per heavy atom. The molecule has 0 saturated heterocycles. The average Bonchev–Trinajstić information content (AvgIpc) is 3.17. The molecule has 1 N–H and O–H groups in total. The molecule has 1 heterocycles. The number of carbonyl (C=O) groups is 1. The summed E-state index contributed by atoms with van der Waals surface area (Å²) in [4.78, 5) is 17.3. The molecule has 6 heteroatoms. The second-order valence-corrected chi connectivity index (χ2v) is 8.95. The summed E-state index contributed by atoms with van der Waals surface area (Å²) in [5, 5.41) is 7.02. The van der Waals surface area contributed by atoms with Gasteiger partial charge in [-0.05, 0) is 59.7 Å². The van der Waals surface area contributed by atoms with E-state index >= 15 is 0 Å². The Bertz CT molecular complexity index is 987. The molecule has 0 aliphatic heterocycles. The molecule has 3 aromatic rings. The molecule has 0 bridgehead atoms. The first-order valence-electron chi connectivity index (χ1n) is 10.1. The van der Waals surface area contributed by atoms with Crippen molar-refractivity contribution >= 4 is 5.91 Å². The highest BCUT2D eigenvalue weighted by atomic mass is 19.1. The lowest BCUT2D eigenvalue weighted by Gasteiger charge is -2.20. The van der Waals surface area contributed by atoms with Crippen molar-refractivity contribution in [2.75, 3.05) is 0 Å². The minimum absolute atomic E-state index is 0.0235. The molecule has 0 fully saturated rings. The maximum absolute atomic E-state index is 13.2. The summed E-state index contributed by atoms with van der Waals surface area (Å²) in [5.41, 5.74) is 2.42. The molecule has 0 aliphatic rings. The predicted molar refractivity (Wildman–Crippen MR) is 114 cm³/mol. The fourth-order valence-electron chi connectivity index (χ4n) is 3.15. The van der Waals surface area contributed by atoms with Gasteiger partial charge in [0, 0.05) is 11.1 Å². The quantitative estimate of drug-likeness (QED) is 0.568. The van der Waals surface area contributed by atoms with Crippen LogP contribution >= 0.6 is 0 Å². The van der Waals surface area contributed by atoms with Gasteiger partial charge in [-0.3, -0.25) is 4.79 Å². The molecule has 30 heavy (non-hydrogen) atoms. The molecular weight excluding hydrogens is 381 g/mol. The molecule has 2 aromatic carbocycles. The van der Waals surface area contributed by atoms with Gasteiger partial charge in [0.25, 0.3) is 5.91 Å². The van der Waals surface area contributed by atoms with Crippen molar-refractivity contribution < 1.29 is 13.7 Å². The number of carbonyl (C=O) groups excluding carboxylic acids is 1. The first kappa shape index (κ1) is 21.7.